The van der Waals surface area contributed by atoms with E-state index >= 15 is 0 Å². The summed E-state index contributed by atoms with van der Waals surface area (Å²) in [5.41, 5.74) is 10.9. The van der Waals surface area contributed by atoms with E-state index in [0.29, 0.717) is 6.42 Å². The number of nitrogens with two attached hydrogens (primary N) is 2. The van der Waals surface area contributed by atoms with Crippen molar-refractivity contribution in [2.45, 2.75) is 58.2 Å². The summed E-state index contributed by atoms with van der Waals surface area (Å²) in [5, 5.41) is 9.74. The van der Waals surface area contributed by atoms with Crippen LogP contribution in [-0.4, -0.2) is 22.3 Å². The summed E-state index contributed by atoms with van der Waals surface area (Å²) in [6, 6.07) is 0. The molecule has 0 aromatic carbocycles. The summed E-state index contributed by atoms with van der Waals surface area (Å²) in [5.74, 6) is 0.255. The summed E-state index contributed by atoms with van der Waals surface area (Å²) >= 11 is 0. The first-order chi connectivity index (χ1) is 5.55. The molecule has 5 N–H and O–H groups in total. The molecule has 0 aromatic heterocycles. The smallest absolute Gasteiger partial charge is 0.0717 e. The van der Waals surface area contributed by atoms with Gasteiger partial charge in [-0.05, 0) is 40.0 Å². The predicted molar refractivity (Wildman–Crippen MR) is 56.3 cm³/mol. The fraction of sp³-hybridized carbons (Fsp3) is 1.00. The van der Waals surface area contributed by atoms with Crippen LogP contribution in [0, 0.1) is 5.92 Å². The second-order valence-electron chi connectivity index (χ2n) is 5.30. The van der Waals surface area contributed by atoms with Crippen LogP contribution in [0.3, 0.4) is 0 Å². The maximum absolute atomic E-state index is 9.74. The van der Waals surface area contributed by atoms with Gasteiger partial charge in [0.15, 0.2) is 0 Å². The molecule has 13 heavy (non-hydrogen) atoms. The molecular formula is C10H24N2O. The van der Waals surface area contributed by atoms with Crippen LogP contribution in [0.2, 0.25) is 0 Å². The summed E-state index contributed by atoms with van der Waals surface area (Å²) in [6.07, 6.45) is 0.151. The second kappa shape index (κ2) is 3.95. The molecule has 0 saturated carbocycles. The highest BCUT2D eigenvalue weighted by atomic mass is 16.3. The zero-order valence-corrected chi connectivity index (χ0v) is 9.46. The number of hydrogen-bond acceptors (Lipinski definition) is 3. The molecule has 3 nitrogen and oxygen atoms in total. The van der Waals surface area contributed by atoms with Crippen LogP contribution >= 0.6 is 0 Å². The van der Waals surface area contributed by atoms with Crippen molar-refractivity contribution in [3.63, 3.8) is 0 Å². The highest BCUT2D eigenvalue weighted by Gasteiger charge is 2.29. The average Bonchev–Trinajstić information content (AvgIpc) is 1.82. The maximum Gasteiger partial charge on any atom is 0.0717 e. The van der Waals surface area contributed by atoms with Gasteiger partial charge in [0.1, 0.15) is 0 Å². The first-order valence-corrected chi connectivity index (χ1v) is 4.81. The summed E-state index contributed by atoms with van der Waals surface area (Å²) in [4.78, 5) is 0. The van der Waals surface area contributed by atoms with E-state index in [1.807, 2.05) is 34.6 Å². The van der Waals surface area contributed by atoms with E-state index in [1.165, 1.54) is 0 Å². The van der Waals surface area contributed by atoms with Gasteiger partial charge in [0.05, 0.1) is 6.10 Å². The van der Waals surface area contributed by atoms with Crippen LogP contribution in [0.4, 0.5) is 0 Å². The van der Waals surface area contributed by atoms with E-state index in [4.69, 9.17) is 11.5 Å². The van der Waals surface area contributed by atoms with Crippen molar-refractivity contribution in [2.24, 2.45) is 17.4 Å². The number of rotatable bonds is 4. The van der Waals surface area contributed by atoms with Crippen molar-refractivity contribution in [1.82, 2.24) is 0 Å². The van der Waals surface area contributed by atoms with Gasteiger partial charge >= 0.3 is 0 Å². The molecule has 0 fully saturated rings. The highest BCUT2D eigenvalue weighted by Crippen LogP contribution is 2.22. The largest absolute Gasteiger partial charge is 0.391 e. The molecule has 0 rings (SSSR count). The van der Waals surface area contributed by atoms with Crippen LogP contribution in [0.1, 0.15) is 41.0 Å². The van der Waals surface area contributed by atoms with Crippen molar-refractivity contribution >= 4 is 0 Å². The Bertz CT molecular complexity index is 137. The molecule has 3 heteroatoms. The SMILES string of the molecule is C[C@H](C[C@H](O)C(C)(C)N)C(C)(C)N. The zero-order valence-electron chi connectivity index (χ0n) is 9.46. The Morgan fingerprint density at radius 1 is 1.08 bits per heavy atom. The molecular weight excluding hydrogens is 164 g/mol. The first-order valence-electron chi connectivity index (χ1n) is 4.81. The molecule has 0 aliphatic carbocycles. The predicted octanol–water partition coefficient (Wildman–Crippen LogP) is 0.848. The fourth-order valence-electron chi connectivity index (χ4n) is 0.942. The van der Waals surface area contributed by atoms with E-state index in [0.717, 1.165) is 0 Å². The highest BCUT2D eigenvalue weighted by molar-refractivity contribution is 4.88. The molecule has 0 saturated heterocycles. The third-order valence-corrected chi connectivity index (χ3v) is 2.71. The van der Waals surface area contributed by atoms with Gasteiger partial charge < -0.3 is 16.6 Å². The van der Waals surface area contributed by atoms with Crippen LogP contribution in [0.15, 0.2) is 0 Å². The van der Waals surface area contributed by atoms with Crippen molar-refractivity contribution < 1.29 is 5.11 Å². The third kappa shape index (κ3) is 4.60. The minimum absolute atomic E-state index is 0.255. The van der Waals surface area contributed by atoms with Gasteiger partial charge in [-0.15, -0.1) is 0 Å². The second-order valence-corrected chi connectivity index (χ2v) is 5.30. The molecule has 0 unspecified atom stereocenters. The Morgan fingerprint density at radius 2 is 1.46 bits per heavy atom. The van der Waals surface area contributed by atoms with Crippen LogP contribution in [0.5, 0.6) is 0 Å². The average molecular weight is 188 g/mol. The molecule has 0 aromatic rings. The lowest BCUT2D eigenvalue weighted by Gasteiger charge is -2.33. The van der Waals surface area contributed by atoms with E-state index in [9.17, 15) is 5.11 Å². The van der Waals surface area contributed by atoms with Gasteiger partial charge in [-0.2, -0.15) is 0 Å². The molecule has 0 radical (unpaired) electrons. The van der Waals surface area contributed by atoms with Crippen molar-refractivity contribution in [3.05, 3.63) is 0 Å². The summed E-state index contributed by atoms with van der Waals surface area (Å²) < 4.78 is 0. The van der Waals surface area contributed by atoms with Crippen LogP contribution < -0.4 is 11.5 Å². The van der Waals surface area contributed by atoms with E-state index < -0.39 is 11.6 Å². The van der Waals surface area contributed by atoms with Crippen LogP contribution in [0.25, 0.3) is 0 Å². The minimum atomic E-state index is -0.542. The molecule has 0 aliphatic rings. The van der Waals surface area contributed by atoms with Gasteiger partial charge in [-0.1, -0.05) is 6.92 Å². The van der Waals surface area contributed by atoms with Gasteiger partial charge in [0.2, 0.25) is 0 Å². The van der Waals surface area contributed by atoms with Gasteiger partial charge in [-0.25, -0.2) is 0 Å². The molecule has 2 atom stereocenters. The van der Waals surface area contributed by atoms with Crippen LogP contribution in [-0.2, 0) is 0 Å². The molecule has 80 valence electrons. The molecule has 0 heterocycles. The van der Waals surface area contributed by atoms with Gasteiger partial charge in [-0.3, -0.25) is 0 Å². The summed E-state index contributed by atoms with van der Waals surface area (Å²) in [6.45, 7) is 9.62. The Balaban J connectivity index is 4.15. The monoisotopic (exact) mass is 188 g/mol. The Morgan fingerprint density at radius 3 is 1.69 bits per heavy atom. The van der Waals surface area contributed by atoms with Gasteiger partial charge in [0, 0.05) is 11.1 Å². The van der Waals surface area contributed by atoms with Crippen molar-refractivity contribution in [3.8, 4) is 0 Å². The van der Waals surface area contributed by atoms with Crippen molar-refractivity contribution in [2.75, 3.05) is 0 Å². The number of aliphatic hydroxyl groups is 1. The fourth-order valence-corrected chi connectivity index (χ4v) is 0.942. The number of hydrogen-bond donors (Lipinski definition) is 3. The first kappa shape index (κ1) is 12.9. The molecule has 0 amide bonds. The zero-order chi connectivity index (χ0) is 10.9. The standard InChI is InChI=1S/C10H24N2O/c1-7(9(2,3)11)6-8(13)10(4,5)12/h7-8,13H,6,11-12H2,1-5H3/t7-,8+/m1/s1. The van der Waals surface area contributed by atoms with E-state index in [-0.39, 0.29) is 11.5 Å². The Labute approximate surface area is 81.5 Å². The lowest BCUT2D eigenvalue weighted by atomic mass is 9.82. The Kier molecular flexibility index (Phi) is 3.91. The number of aliphatic hydroxyl groups excluding tert-OH is 1. The molecule has 0 bridgehead atoms. The van der Waals surface area contributed by atoms with E-state index in [1.54, 1.807) is 0 Å². The quantitative estimate of drug-likeness (QED) is 0.612. The molecule has 0 spiro atoms. The van der Waals surface area contributed by atoms with E-state index in [2.05, 4.69) is 0 Å². The third-order valence-electron chi connectivity index (χ3n) is 2.71. The summed E-state index contributed by atoms with van der Waals surface area (Å²) in [7, 11) is 0. The lowest BCUT2D eigenvalue weighted by molar-refractivity contribution is 0.0694. The normalized spacial score (nSPS) is 18.5. The maximum atomic E-state index is 9.74. The van der Waals surface area contributed by atoms with Gasteiger partial charge in [0.25, 0.3) is 0 Å². The minimum Gasteiger partial charge on any atom is -0.391 e. The van der Waals surface area contributed by atoms with Crippen molar-refractivity contribution in [1.29, 1.82) is 0 Å². The lowest BCUT2D eigenvalue weighted by Crippen LogP contribution is -2.49. The topological polar surface area (TPSA) is 72.3 Å². The Hall–Kier alpha value is -0.120. The molecule has 0 aliphatic heterocycles.